The second-order valence-corrected chi connectivity index (χ2v) is 12.7. The van der Waals surface area contributed by atoms with E-state index >= 15 is 0 Å². The lowest BCUT2D eigenvalue weighted by molar-refractivity contribution is -0.197. The molecule has 0 spiro atoms. The van der Waals surface area contributed by atoms with Crippen molar-refractivity contribution in [2.45, 2.75) is 50.5 Å². The highest BCUT2D eigenvalue weighted by Gasteiger charge is 2.46. The summed E-state index contributed by atoms with van der Waals surface area (Å²) in [6.07, 6.45) is -4.71. The van der Waals surface area contributed by atoms with Gasteiger partial charge in [-0.05, 0) is 116 Å². The molecule has 0 heterocycles. The smallest absolute Gasteiger partial charge is 0.426 e. The van der Waals surface area contributed by atoms with Gasteiger partial charge < -0.3 is 9.47 Å². The number of esters is 2. The van der Waals surface area contributed by atoms with Crippen molar-refractivity contribution in [1.29, 1.82) is 0 Å². The van der Waals surface area contributed by atoms with E-state index in [0.717, 1.165) is 19.3 Å². The van der Waals surface area contributed by atoms with Crippen molar-refractivity contribution in [3.63, 3.8) is 0 Å². The highest BCUT2D eigenvalue weighted by molar-refractivity contribution is 14.1. The summed E-state index contributed by atoms with van der Waals surface area (Å²) in [4.78, 5) is 25.8. The summed E-state index contributed by atoms with van der Waals surface area (Å²) in [5.41, 5.74) is -0.673. The lowest BCUT2D eigenvalue weighted by atomic mass is 9.97. The van der Waals surface area contributed by atoms with Crippen molar-refractivity contribution in [1.82, 2.24) is 0 Å². The summed E-state index contributed by atoms with van der Waals surface area (Å²) < 4.78 is 82.2. The molecule has 15 heteroatoms. The maximum atomic E-state index is 13.3. The first-order valence-corrected chi connectivity index (χ1v) is 14.9. The molecular weight excluding hydrogens is 913 g/mol. The summed E-state index contributed by atoms with van der Waals surface area (Å²) in [6, 6.07) is 0. The highest BCUT2D eigenvalue weighted by atomic mass is 127. The van der Waals surface area contributed by atoms with Gasteiger partial charge in [-0.2, -0.15) is 21.6 Å². The zero-order chi connectivity index (χ0) is 24.4. The Labute approximate surface area is 236 Å². The van der Waals surface area contributed by atoms with Gasteiger partial charge in [0.2, 0.25) is 6.10 Å². The minimum absolute atomic E-state index is 0.168. The third-order valence-electron chi connectivity index (χ3n) is 4.48. The number of hydrogen-bond donors (Lipinski definition) is 1. The van der Waals surface area contributed by atoms with E-state index in [2.05, 4.69) is 4.74 Å². The van der Waals surface area contributed by atoms with Crippen molar-refractivity contribution in [3.05, 3.63) is 25.4 Å². The Bertz CT molecular complexity index is 1010. The molecule has 1 fully saturated rings. The Morgan fingerprint density at radius 1 is 0.938 bits per heavy atom. The van der Waals surface area contributed by atoms with Crippen LogP contribution in [-0.4, -0.2) is 49.0 Å². The predicted octanol–water partition coefficient (Wildman–Crippen LogP) is 5.57. The third-order valence-corrected chi connectivity index (χ3v) is 12.6. The quantitative estimate of drug-likeness (QED) is 0.131. The SMILES string of the molecule is O=C(OC1CCCCC1)c1c(I)c(I)c(I)c(I)c1C(=O)OC(CS(=O)(=O)O)C(F)(F)F. The number of benzene rings is 1. The third kappa shape index (κ3) is 7.64. The van der Waals surface area contributed by atoms with E-state index in [9.17, 15) is 31.2 Å². The van der Waals surface area contributed by atoms with Crippen LogP contribution >= 0.6 is 90.4 Å². The number of alkyl halides is 3. The summed E-state index contributed by atoms with van der Waals surface area (Å²) in [5.74, 6) is -4.26. The molecule has 0 aromatic heterocycles. The lowest BCUT2D eigenvalue weighted by Crippen LogP contribution is -2.40. The van der Waals surface area contributed by atoms with Crippen molar-refractivity contribution in [3.8, 4) is 0 Å². The number of carbonyl (C=O) groups excluding carboxylic acids is 2. The van der Waals surface area contributed by atoms with Gasteiger partial charge in [0, 0.05) is 14.3 Å². The van der Waals surface area contributed by atoms with Crippen LogP contribution in [0.3, 0.4) is 0 Å². The van der Waals surface area contributed by atoms with Gasteiger partial charge in [-0.15, -0.1) is 0 Å². The Hall–Kier alpha value is 0.780. The van der Waals surface area contributed by atoms with Crippen LogP contribution in [0.25, 0.3) is 0 Å². The molecule has 2 rings (SSSR count). The highest BCUT2D eigenvalue weighted by Crippen LogP contribution is 2.35. The summed E-state index contributed by atoms with van der Waals surface area (Å²) in [6.45, 7) is 0. The minimum Gasteiger partial charge on any atom is -0.459 e. The van der Waals surface area contributed by atoms with Gasteiger partial charge in [-0.1, -0.05) is 6.42 Å². The van der Waals surface area contributed by atoms with Crippen LogP contribution in [0.4, 0.5) is 13.2 Å². The molecule has 0 aliphatic heterocycles. The van der Waals surface area contributed by atoms with E-state index in [4.69, 9.17) is 9.29 Å². The number of ether oxygens (including phenoxy) is 2. The normalized spacial score (nSPS) is 16.5. The maximum Gasteiger partial charge on any atom is 0.426 e. The summed E-state index contributed by atoms with van der Waals surface area (Å²) >= 11 is 7.35. The standard InChI is InChI=1S/C17H15F3I4O7S/c18-17(19,20)8(6-32(27,28)29)31-16(26)10-9(11(21)13(23)14(24)12(10)22)15(25)30-7-4-2-1-3-5-7/h7-8H,1-6H2,(H,27,28,29). The van der Waals surface area contributed by atoms with Gasteiger partial charge in [0.1, 0.15) is 11.9 Å². The van der Waals surface area contributed by atoms with E-state index in [1.54, 1.807) is 45.2 Å². The predicted molar refractivity (Wildman–Crippen MR) is 141 cm³/mol. The molecule has 0 radical (unpaired) electrons. The monoisotopic (exact) mass is 928 g/mol. The number of carbonyl (C=O) groups is 2. The topological polar surface area (TPSA) is 107 Å². The number of rotatable bonds is 6. The Balaban J connectivity index is 2.50. The average Bonchev–Trinajstić information content (AvgIpc) is 2.67. The zero-order valence-electron chi connectivity index (χ0n) is 15.8. The molecular formula is C17H15F3I4O7S. The van der Waals surface area contributed by atoms with Crippen molar-refractivity contribution in [2.75, 3.05) is 5.75 Å². The van der Waals surface area contributed by atoms with Crippen molar-refractivity contribution < 1.29 is 45.2 Å². The van der Waals surface area contributed by atoms with E-state index < -0.39 is 45.7 Å². The van der Waals surface area contributed by atoms with E-state index in [0.29, 0.717) is 23.6 Å². The molecule has 1 atom stereocenters. The van der Waals surface area contributed by atoms with Gasteiger partial charge in [0.05, 0.1) is 11.1 Å². The van der Waals surface area contributed by atoms with Crippen LogP contribution < -0.4 is 0 Å². The lowest BCUT2D eigenvalue weighted by Gasteiger charge is -2.24. The fraction of sp³-hybridized carbons (Fsp3) is 0.529. The first kappa shape index (κ1) is 29.0. The maximum absolute atomic E-state index is 13.3. The second kappa shape index (κ2) is 11.7. The van der Waals surface area contributed by atoms with Crippen molar-refractivity contribution >= 4 is 112 Å². The zero-order valence-corrected chi connectivity index (χ0v) is 25.3. The van der Waals surface area contributed by atoms with Crippen LogP contribution in [-0.2, 0) is 19.6 Å². The fourth-order valence-electron chi connectivity index (χ4n) is 2.98. The molecule has 0 saturated heterocycles. The first-order valence-electron chi connectivity index (χ1n) is 8.93. The van der Waals surface area contributed by atoms with Gasteiger partial charge >= 0.3 is 18.1 Å². The van der Waals surface area contributed by atoms with Crippen LogP contribution in [0.1, 0.15) is 52.8 Å². The van der Waals surface area contributed by atoms with E-state index in [1.807, 2.05) is 45.2 Å². The van der Waals surface area contributed by atoms with Crippen molar-refractivity contribution in [2.24, 2.45) is 0 Å². The summed E-state index contributed by atoms with van der Waals surface area (Å²) in [7, 11) is -5.11. The summed E-state index contributed by atoms with van der Waals surface area (Å²) in [5, 5.41) is 0. The second-order valence-electron chi connectivity index (χ2n) is 6.86. The van der Waals surface area contributed by atoms with E-state index in [1.165, 1.54) is 0 Å². The molecule has 1 unspecified atom stereocenters. The molecule has 1 N–H and O–H groups in total. The molecule has 1 aromatic rings. The number of hydrogen-bond acceptors (Lipinski definition) is 6. The average molecular weight is 928 g/mol. The van der Waals surface area contributed by atoms with Gasteiger partial charge in [-0.25, -0.2) is 9.59 Å². The van der Waals surface area contributed by atoms with Crippen LogP contribution in [0.5, 0.6) is 0 Å². The molecule has 0 bridgehead atoms. The Morgan fingerprint density at radius 2 is 1.41 bits per heavy atom. The first-order chi connectivity index (χ1) is 14.6. The molecule has 1 aliphatic carbocycles. The largest absolute Gasteiger partial charge is 0.459 e. The Kier molecular flexibility index (Phi) is 10.6. The molecule has 1 aromatic carbocycles. The van der Waals surface area contributed by atoms with Gasteiger partial charge in [-0.3, -0.25) is 4.55 Å². The van der Waals surface area contributed by atoms with E-state index in [-0.39, 0.29) is 15.2 Å². The molecule has 1 saturated carbocycles. The minimum atomic E-state index is -5.26. The number of halogens is 7. The molecule has 0 amide bonds. The van der Waals surface area contributed by atoms with Crippen LogP contribution in [0.2, 0.25) is 0 Å². The molecule has 1 aliphatic rings. The van der Waals surface area contributed by atoms with Crippen LogP contribution in [0, 0.1) is 14.3 Å². The molecule has 32 heavy (non-hydrogen) atoms. The Morgan fingerprint density at radius 3 is 1.84 bits per heavy atom. The van der Waals surface area contributed by atoms with Gasteiger partial charge in [0.15, 0.2) is 0 Å². The molecule has 180 valence electrons. The molecule has 7 nitrogen and oxygen atoms in total. The fourth-order valence-corrected chi connectivity index (χ4v) is 7.25. The van der Waals surface area contributed by atoms with Gasteiger partial charge in [0.25, 0.3) is 10.1 Å². The van der Waals surface area contributed by atoms with Crippen LogP contribution in [0.15, 0.2) is 0 Å².